The first kappa shape index (κ1) is 19.6. The zero-order valence-corrected chi connectivity index (χ0v) is 17.7. The highest BCUT2D eigenvalue weighted by molar-refractivity contribution is 7.99. The van der Waals surface area contributed by atoms with Crippen molar-refractivity contribution in [3.63, 3.8) is 0 Å². The number of thioether (sulfide) groups is 1. The fraction of sp³-hybridized carbons (Fsp3) is 0.500. The predicted molar refractivity (Wildman–Crippen MR) is 115 cm³/mol. The lowest BCUT2D eigenvalue weighted by molar-refractivity contribution is -0.132. The van der Waals surface area contributed by atoms with Crippen molar-refractivity contribution in [3.8, 4) is 0 Å². The van der Waals surface area contributed by atoms with Crippen molar-refractivity contribution in [2.45, 2.75) is 43.3 Å². The minimum atomic E-state index is -0.230. The standard InChI is InChI=1S/C22H25FN4O2S/c23-17-6-2-4-8-19(17)25-9-11-26(12-10-25)20(28)13-15-14-30-22-24-18-7-3-1-5-16(18)21(29)27(15)22/h2,4,6,8,15H,1,3,5,7,9-14H2/t15-/m0/s1. The highest BCUT2D eigenvalue weighted by Crippen LogP contribution is 2.34. The topological polar surface area (TPSA) is 58.4 Å². The van der Waals surface area contributed by atoms with E-state index >= 15 is 0 Å². The Morgan fingerprint density at radius 3 is 2.70 bits per heavy atom. The van der Waals surface area contributed by atoms with Crippen molar-refractivity contribution in [2.24, 2.45) is 0 Å². The van der Waals surface area contributed by atoms with Crippen LogP contribution in [0.15, 0.2) is 34.2 Å². The van der Waals surface area contributed by atoms with Gasteiger partial charge in [0, 0.05) is 43.9 Å². The largest absolute Gasteiger partial charge is 0.366 e. The highest BCUT2D eigenvalue weighted by atomic mass is 32.2. The van der Waals surface area contributed by atoms with Crippen LogP contribution in [0.25, 0.3) is 0 Å². The quantitative estimate of drug-likeness (QED) is 0.704. The second-order valence-corrected chi connectivity index (χ2v) is 9.18. The van der Waals surface area contributed by atoms with E-state index in [-0.39, 0.29) is 23.3 Å². The molecular formula is C22H25FN4O2S. The summed E-state index contributed by atoms with van der Waals surface area (Å²) in [4.78, 5) is 34.6. The number of anilines is 1. The maximum absolute atomic E-state index is 14.0. The molecule has 5 rings (SSSR count). The fourth-order valence-corrected chi connectivity index (χ4v) is 5.85. The van der Waals surface area contributed by atoms with Gasteiger partial charge in [-0.1, -0.05) is 23.9 Å². The van der Waals surface area contributed by atoms with E-state index in [1.54, 1.807) is 28.5 Å². The van der Waals surface area contributed by atoms with Gasteiger partial charge in [-0.2, -0.15) is 0 Å². The number of hydrogen-bond donors (Lipinski definition) is 0. The number of piperazine rings is 1. The van der Waals surface area contributed by atoms with Gasteiger partial charge in [0.2, 0.25) is 5.91 Å². The van der Waals surface area contributed by atoms with Crippen LogP contribution < -0.4 is 10.5 Å². The smallest absolute Gasteiger partial charge is 0.257 e. The summed E-state index contributed by atoms with van der Waals surface area (Å²) < 4.78 is 15.8. The first-order valence-corrected chi connectivity index (χ1v) is 11.6. The number of carbonyl (C=O) groups excluding carboxylic acids is 1. The number of halogens is 1. The van der Waals surface area contributed by atoms with Gasteiger partial charge in [0.25, 0.3) is 5.56 Å². The Bertz CT molecular complexity index is 1030. The number of amides is 1. The molecule has 3 heterocycles. The summed E-state index contributed by atoms with van der Waals surface area (Å²) in [5.41, 5.74) is 2.46. The molecule has 0 spiro atoms. The zero-order chi connectivity index (χ0) is 20.7. The molecule has 0 unspecified atom stereocenters. The van der Waals surface area contributed by atoms with Crippen molar-refractivity contribution in [3.05, 3.63) is 51.7 Å². The first-order chi connectivity index (χ1) is 14.6. The van der Waals surface area contributed by atoms with Gasteiger partial charge < -0.3 is 9.80 Å². The van der Waals surface area contributed by atoms with Crippen molar-refractivity contribution in [1.29, 1.82) is 0 Å². The normalized spacial score (nSPS) is 20.8. The van der Waals surface area contributed by atoms with E-state index in [0.717, 1.165) is 42.1 Å². The molecule has 1 amide bonds. The molecule has 2 aromatic rings. The summed E-state index contributed by atoms with van der Waals surface area (Å²) in [5, 5.41) is 0.767. The summed E-state index contributed by atoms with van der Waals surface area (Å²) >= 11 is 1.58. The van der Waals surface area contributed by atoms with Crippen LogP contribution in [0.1, 0.15) is 36.6 Å². The molecular weight excluding hydrogens is 403 g/mol. The van der Waals surface area contributed by atoms with E-state index in [9.17, 15) is 14.0 Å². The molecule has 0 bridgehead atoms. The van der Waals surface area contributed by atoms with Gasteiger partial charge in [-0.25, -0.2) is 9.37 Å². The number of nitrogens with zero attached hydrogens (tertiary/aromatic N) is 4. The molecule has 1 aromatic heterocycles. The number of carbonyl (C=O) groups is 1. The molecule has 1 saturated heterocycles. The molecule has 0 radical (unpaired) electrons. The van der Waals surface area contributed by atoms with Gasteiger partial charge in [-0.15, -0.1) is 0 Å². The van der Waals surface area contributed by atoms with Crippen molar-refractivity contribution < 1.29 is 9.18 Å². The molecule has 2 aliphatic heterocycles. The molecule has 1 fully saturated rings. The van der Waals surface area contributed by atoms with Crippen LogP contribution in [0.4, 0.5) is 10.1 Å². The maximum atomic E-state index is 14.0. The van der Waals surface area contributed by atoms with Crippen LogP contribution in [-0.2, 0) is 17.6 Å². The second kappa shape index (κ2) is 8.06. The Morgan fingerprint density at radius 1 is 1.13 bits per heavy atom. The van der Waals surface area contributed by atoms with Gasteiger partial charge in [0.1, 0.15) is 5.82 Å². The molecule has 3 aliphatic rings. The van der Waals surface area contributed by atoms with Crippen LogP contribution in [-0.4, -0.2) is 52.3 Å². The molecule has 8 heteroatoms. The number of para-hydroxylation sites is 1. The number of rotatable bonds is 3. The van der Waals surface area contributed by atoms with Crippen LogP contribution in [0.5, 0.6) is 0 Å². The Hall–Kier alpha value is -2.35. The Kier molecular flexibility index (Phi) is 5.26. The van der Waals surface area contributed by atoms with E-state index in [1.165, 1.54) is 6.07 Å². The van der Waals surface area contributed by atoms with Crippen LogP contribution >= 0.6 is 11.8 Å². The van der Waals surface area contributed by atoms with Crippen LogP contribution in [0.2, 0.25) is 0 Å². The molecule has 1 aliphatic carbocycles. The monoisotopic (exact) mass is 428 g/mol. The Balaban J connectivity index is 1.26. The minimum absolute atomic E-state index is 0.0573. The highest BCUT2D eigenvalue weighted by Gasteiger charge is 2.32. The average molecular weight is 429 g/mol. The molecule has 158 valence electrons. The summed E-state index contributed by atoms with van der Waals surface area (Å²) in [5.74, 6) is 0.546. The fourth-order valence-electron chi connectivity index (χ4n) is 4.70. The summed E-state index contributed by atoms with van der Waals surface area (Å²) in [7, 11) is 0. The van der Waals surface area contributed by atoms with Gasteiger partial charge in [-0.3, -0.25) is 14.2 Å². The van der Waals surface area contributed by atoms with E-state index in [1.807, 2.05) is 15.9 Å². The molecule has 0 saturated carbocycles. The zero-order valence-electron chi connectivity index (χ0n) is 16.8. The molecule has 1 aromatic carbocycles. The SMILES string of the molecule is O=C(C[C@H]1CSc2nc3c(c(=O)n21)CCCC3)N1CCN(c2ccccc2F)CC1. The number of hydrogen-bond acceptors (Lipinski definition) is 5. The number of aromatic nitrogens is 2. The third kappa shape index (κ3) is 3.51. The lowest BCUT2D eigenvalue weighted by atomic mass is 9.97. The predicted octanol–water partition coefficient (Wildman–Crippen LogP) is 2.65. The second-order valence-electron chi connectivity index (χ2n) is 8.19. The van der Waals surface area contributed by atoms with E-state index in [4.69, 9.17) is 4.98 Å². The van der Waals surface area contributed by atoms with Crippen molar-refractivity contribution in [1.82, 2.24) is 14.5 Å². The summed E-state index contributed by atoms with van der Waals surface area (Å²) in [6.45, 7) is 2.35. The lowest BCUT2D eigenvalue weighted by Crippen LogP contribution is -2.49. The third-order valence-corrected chi connectivity index (χ3v) is 7.46. The summed E-state index contributed by atoms with van der Waals surface area (Å²) in [6, 6.07) is 6.63. The number of benzene rings is 1. The third-order valence-electron chi connectivity index (χ3n) is 6.36. The van der Waals surface area contributed by atoms with Gasteiger partial charge >= 0.3 is 0 Å². The van der Waals surface area contributed by atoms with Crippen LogP contribution in [0, 0.1) is 5.82 Å². The summed E-state index contributed by atoms with van der Waals surface area (Å²) in [6.07, 6.45) is 4.13. The van der Waals surface area contributed by atoms with Crippen LogP contribution in [0.3, 0.4) is 0 Å². The Morgan fingerprint density at radius 2 is 1.90 bits per heavy atom. The molecule has 6 nitrogen and oxygen atoms in total. The van der Waals surface area contributed by atoms with E-state index in [0.29, 0.717) is 44.0 Å². The molecule has 30 heavy (non-hydrogen) atoms. The van der Waals surface area contributed by atoms with Gasteiger partial charge in [0.05, 0.1) is 17.4 Å². The number of fused-ring (bicyclic) bond motifs is 2. The molecule has 1 atom stereocenters. The average Bonchev–Trinajstić information content (AvgIpc) is 3.17. The van der Waals surface area contributed by atoms with E-state index < -0.39 is 0 Å². The number of aryl methyl sites for hydroxylation is 1. The minimum Gasteiger partial charge on any atom is -0.366 e. The maximum Gasteiger partial charge on any atom is 0.257 e. The van der Waals surface area contributed by atoms with E-state index in [2.05, 4.69) is 0 Å². The van der Waals surface area contributed by atoms with Crippen molar-refractivity contribution >= 4 is 23.4 Å². The van der Waals surface area contributed by atoms with Gasteiger partial charge in [0.15, 0.2) is 5.16 Å². The molecule has 0 N–H and O–H groups in total. The van der Waals surface area contributed by atoms with Crippen molar-refractivity contribution in [2.75, 3.05) is 36.8 Å². The Labute approximate surface area is 179 Å². The first-order valence-electron chi connectivity index (χ1n) is 10.7. The lowest BCUT2D eigenvalue weighted by Gasteiger charge is -2.36. The van der Waals surface area contributed by atoms with Gasteiger partial charge in [-0.05, 0) is 37.8 Å².